The van der Waals surface area contributed by atoms with Crippen LogP contribution in [0.15, 0.2) is 18.2 Å². The second-order valence-electron chi connectivity index (χ2n) is 4.37. The molecule has 0 unspecified atom stereocenters. The van der Waals surface area contributed by atoms with Crippen molar-refractivity contribution in [3.05, 3.63) is 34.3 Å². The molecular formula is C14H21BrClN. The first-order valence-electron chi connectivity index (χ1n) is 6.25. The Morgan fingerprint density at radius 3 is 2.65 bits per heavy atom. The van der Waals surface area contributed by atoms with E-state index < -0.39 is 0 Å². The molecule has 0 aliphatic carbocycles. The predicted octanol–water partition coefficient (Wildman–Crippen LogP) is 4.69. The molecule has 0 saturated heterocycles. The fourth-order valence-electron chi connectivity index (χ4n) is 1.72. The third-order valence-corrected chi connectivity index (χ3v) is 3.67. The van der Waals surface area contributed by atoms with Crippen molar-refractivity contribution in [1.82, 2.24) is 5.32 Å². The van der Waals surface area contributed by atoms with Crippen LogP contribution in [0.4, 0.5) is 0 Å². The molecule has 1 aromatic carbocycles. The summed E-state index contributed by atoms with van der Waals surface area (Å²) < 4.78 is 0. The molecule has 0 bridgehead atoms. The van der Waals surface area contributed by atoms with Gasteiger partial charge in [-0.15, -0.1) is 0 Å². The molecule has 0 fully saturated rings. The van der Waals surface area contributed by atoms with E-state index in [-0.39, 0.29) is 0 Å². The van der Waals surface area contributed by atoms with Crippen LogP contribution in [0.5, 0.6) is 0 Å². The molecular weight excluding hydrogens is 298 g/mol. The lowest BCUT2D eigenvalue weighted by atomic mass is 10.1. The third-order valence-electron chi connectivity index (χ3n) is 2.76. The average molecular weight is 319 g/mol. The number of halogens is 2. The second kappa shape index (κ2) is 8.96. The number of unbranched alkanes of at least 4 members (excludes halogenated alkanes) is 3. The van der Waals surface area contributed by atoms with E-state index >= 15 is 0 Å². The molecule has 17 heavy (non-hydrogen) atoms. The van der Waals surface area contributed by atoms with Gasteiger partial charge < -0.3 is 5.32 Å². The van der Waals surface area contributed by atoms with Crippen molar-refractivity contribution in [2.24, 2.45) is 0 Å². The minimum atomic E-state index is 0.872. The quantitative estimate of drug-likeness (QED) is 0.541. The Morgan fingerprint density at radius 2 is 1.94 bits per heavy atom. The summed E-state index contributed by atoms with van der Waals surface area (Å²) in [6.45, 7) is 4.01. The standard InChI is InChI=1S/C14H21BrClN/c1-12-6-7-13(14(16)10-12)11-17-9-5-3-2-4-8-15/h6-7,10,17H,2-5,8-9,11H2,1H3. The topological polar surface area (TPSA) is 12.0 Å². The lowest BCUT2D eigenvalue weighted by Gasteiger charge is -2.07. The van der Waals surface area contributed by atoms with E-state index in [9.17, 15) is 0 Å². The zero-order valence-electron chi connectivity index (χ0n) is 10.4. The number of alkyl halides is 1. The van der Waals surface area contributed by atoms with Crippen LogP contribution in [0, 0.1) is 6.92 Å². The predicted molar refractivity (Wildman–Crippen MR) is 80.2 cm³/mol. The van der Waals surface area contributed by atoms with Crippen LogP contribution in [0.2, 0.25) is 5.02 Å². The number of rotatable bonds is 8. The van der Waals surface area contributed by atoms with Crippen molar-refractivity contribution < 1.29 is 0 Å². The van der Waals surface area contributed by atoms with E-state index in [1.165, 1.54) is 36.8 Å². The van der Waals surface area contributed by atoms with Gasteiger partial charge in [-0.05, 0) is 43.5 Å². The highest BCUT2D eigenvalue weighted by Gasteiger charge is 1.99. The van der Waals surface area contributed by atoms with Gasteiger partial charge in [0.2, 0.25) is 0 Å². The molecule has 0 spiro atoms. The molecule has 0 saturated carbocycles. The third kappa shape index (κ3) is 6.44. The highest BCUT2D eigenvalue weighted by atomic mass is 79.9. The van der Waals surface area contributed by atoms with Gasteiger partial charge in [0, 0.05) is 16.9 Å². The number of hydrogen-bond donors (Lipinski definition) is 1. The summed E-state index contributed by atoms with van der Waals surface area (Å²) in [5, 5.41) is 5.44. The fourth-order valence-corrected chi connectivity index (χ4v) is 2.42. The van der Waals surface area contributed by atoms with Gasteiger partial charge in [0.1, 0.15) is 0 Å². The summed E-state index contributed by atoms with van der Waals surface area (Å²) in [5.41, 5.74) is 2.41. The van der Waals surface area contributed by atoms with Crippen molar-refractivity contribution in [2.45, 2.75) is 39.2 Å². The van der Waals surface area contributed by atoms with Crippen molar-refractivity contribution in [3.8, 4) is 0 Å². The highest BCUT2D eigenvalue weighted by molar-refractivity contribution is 9.09. The lowest BCUT2D eigenvalue weighted by Crippen LogP contribution is -2.14. The normalized spacial score (nSPS) is 10.8. The molecule has 1 rings (SSSR count). The Labute approximate surface area is 118 Å². The maximum Gasteiger partial charge on any atom is 0.0453 e. The summed E-state index contributed by atoms with van der Waals surface area (Å²) >= 11 is 9.61. The molecule has 1 aromatic rings. The van der Waals surface area contributed by atoms with E-state index in [0.717, 1.165) is 23.4 Å². The van der Waals surface area contributed by atoms with Crippen molar-refractivity contribution >= 4 is 27.5 Å². The summed E-state index contributed by atoms with van der Waals surface area (Å²) in [6, 6.07) is 6.24. The smallest absolute Gasteiger partial charge is 0.0453 e. The van der Waals surface area contributed by atoms with E-state index in [4.69, 9.17) is 11.6 Å². The van der Waals surface area contributed by atoms with Gasteiger partial charge in [-0.25, -0.2) is 0 Å². The van der Waals surface area contributed by atoms with Gasteiger partial charge in [0.25, 0.3) is 0 Å². The number of benzene rings is 1. The minimum absolute atomic E-state index is 0.872. The van der Waals surface area contributed by atoms with E-state index in [0.29, 0.717) is 0 Å². The molecule has 96 valence electrons. The Bertz CT molecular complexity index is 328. The van der Waals surface area contributed by atoms with Crippen LogP contribution in [0.3, 0.4) is 0 Å². The first-order valence-corrected chi connectivity index (χ1v) is 7.75. The summed E-state index contributed by atoms with van der Waals surface area (Å²) in [5.74, 6) is 0. The first kappa shape index (κ1) is 15.0. The average Bonchev–Trinajstić information content (AvgIpc) is 2.30. The van der Waals surface area contributed by atoms with Gasteiger partial charge in [-0.3, -0.25) is 0 Å². The fraction of sp³-hybridized carbons (Fsp3) is 0.571. The molecule has 3 heteroatoms. The van der Waals surface area contributed by atoms with Crippen LogP contribution < -0.4 is 5.32 Å². The van der Waals surface area contributed by atoms with Gasteiger partial charge >= 0.3 is 0 Å². The maximum absolute atomic E-state index is 6.17. The maximum atomic E-state index is 6.17. The van der Waals surface area contributed by atoms with Gasteiger partial charge in [-0.2, -0.15) is 0 Å². The van der Waals surface area contributed by atoms with Crippen LogP contribution in [-0.2, 0) is 6.54 Å². The Morgan fingerprint density at radius 1 is 1.18 bits per heavy atom. The molecule has 0 aromatic heterocycles. The van der Waals surface area contributed by atoms with Crippen molar-refractivity contribution in [2.75, 3.05) is 11.9 Å². The van der Waals surface area contributed by atoms with Crippen LogP contribution in [0.1, 0.15) is 36.8 Å². The molecule has 0 heterocycles. The molecule has 1 nitrogen and oxygen atoms in total. The second-order valence-corrected chi connectivity index (χ2v) is 5.58. The molecule has 0 atom stereocenters. The molecule has 0 amide bonds. The van der Waals surface area contributed by atoms with Crippen LogP contribution >= 0.6 is 27.5 Å². The largest absolute Gasteiger partial charge is 0.313 e. The SMILES string of the molecule is Cc1ccc(CNCCCCCCBr)c(Cl)c1. The number of nitrogens with one attached hydrogen (secondary N) is 1. The molecule has 1 N–H and O–H groups in total. The Balaban J connectivity index is 2.14. The van der Waals surface area contributed by atoms with E-state index in [1.54, 1.807) is 0 Å². The van der Waals surface area contributed by atoms with Crippen LogP contribution in [-0.4, -0.2) is 11.9 Å². The Kier molecular flexibility index (Phi) is 7.91. The van der Waals surface area contributed by atoms with Crippen LogP contribution in [0.25, 0.3) is 0 Å². The summed E-state index contributed by atoms with van der Waals surface area (Å²) in [7, 11) is 0. The molecule has 0 aliphatic rings. The highest BCUT2D eigenvalue weighted by Crippen LogP contribution is 2.17. The van der Waals surface area contributed by atoms with E-state index in [2.05, 4.69) is 40.3 Å². The van der Waals surface area contributed by atoms with E-state index in [1.807, 2.05) is 6.07 Å². The Hall–Kier alpha value is -0.0500. The number of hydrogen-bond acceptors (Lipinski definition) is 1. The molecule has 0 radical (unpaired) electrons. The first-order chi connectivity index (χ1) is 8.24. The summed E-state index contributed by atoms with van der Waals surface area (Å²) in [6.07, 6.45) is 5.15. The minimum Gasteiger partial charge on any atom is -0.313 e. The zero-order chi connectivity index (χ0) is 12.5. The van der Waals surface area contributed by atoms with Gasteiger partial charge in [0.05, 0.1) is 0 Å². The van der Waals surface area contributed by atoms with Crippen molar-refractivity contribution in [3.63, 3.8) is 0 Å². The monoisotopic (exact) mass is 317 g/mol. The van der Waals surface area contributed by atoms with Gasteiger partial charge in [-0.1, -0.05) is 52.5 Å². The van der Waals surface area contributed by atoms with Crippen molar-refractivity contribution in [1.29, 1.82) is 0 Å². The zero-order valence-corrected chi connectivity index (χ0v) is 12.8. The lowest BCUT2D eigenvalue weighted by molar-refractivity contribution is 0.600. The molecule has 0 aliphatic heterocycles. The summed E-state index contributed by atoms with van der Waals surface area (Å²) in [4.78, 5) is 0. The number of aryl methyl sites for hydroxylation is 1. The van der Waals surface area contributed by atoms with Gasteiger partial charge in [0.15, 0.2) is 0 Å².